The van der Waals surface area contributed by atoms with Crippen molar-refractivity contribution in [3.05, 3.63) is 114 Å². The number of ether oxygens (including phenoxy) is 1. The summed E-state index contributed by atoms with van der Waals surface area (Å²) < 4.78 is 5.76. The molecule has 0 aromatic heterocycles. The maximum absolute atomic E-state index is 13.3. The van der Waals surface area contributed by atoms with E-state index in [1.54, 1.807) is 30.3 Å². The van der Waals surface area contributed by atoms with Crippen LogP contribution < -0.4 is 5.32 Å². The Bertz CT molecular complexity index is 1150. The molecule has 3 aromatic carbocycles. The molecule has 35 heavy (non-hydrogen) atoms. The lowest BCUT2D eigenvalue weighted by atomic mass is 9.81. The van der Waals surface area contributed by atoms with E-state index in [2.05, 4.69) is 26.1 Å². The Labute approximate surface area is 207 Å². The number of benzene rings is 3. The molecule has 5 heteroatoms. The zero-order valence-corrected chi connectivity index (χ0v) is 20.4. The number of nitrogens with one attached hydrogen (secondary N) is 1. The molecule has 3 atom stereocenters. The monoisotopic (exact) mass is 468 g/mol. The Kier molecular flexibility index (Phi) is 7.35. The number of carbonyl (C=O) groups is 2. The number of para-hydroxylation sites is 1. The Balaban J connectivity index is 1.65. The standard InChI is InChI=1S/C30H32N2O3/c1-30(2,3)28(31-24-17-11-6-12-18-24)25-19-20-27(33)32(25)26(22-13-7-4-8-14-22)21-35-29(34)23-15-9-5-10-16-23/h4-20,25-26,28,31H,21H2,1-3H3/t25-,26-,28-/m0/s1. The van der Waals surface area contributed by atoms with Crippen LogP contribution in [0.4, 0.5) is 5.69 Å². The highest BCUT2D eigenvalue weighted by Crippen LogP contribution is 2.36. The topological polar surface area (TPSA) is 58.6 Å². The van der Waals surface area contributed by atoms with Crippen molar-refractivity contribution in [1.29, 1.82) is 0 Å². The number of nitrogens with zero attached hydrogens (tertiary/aromatic N) is 1. The van der Waals surface area contributed by atoms with E-state index in [0.29, 0.717) is 5.56 Å². The Morgan fingerprint density at radius 1 is 0.914 bits per heavy atom. The van der Waals surface area contributed by atoms with Gasteiger partial charge in [0.2, 0.25) is 5.91 Å². The van der Waals surface area contributed by atoms with Crippen LogP contribution in [-0.2, 0) is 9.53 Å². The fourth-order valence-corrected chi connectivity index (χ4v) is 4.49. The minimum Gasteiger partial charge on any atom is -0.460 e. The van der Waals surface area contributed by atoms with Crippen molar-refractivity contribution in [2.24, 2.45) is 5.41 Å². The van der Waals surface area contributed by atoms with E-state index < -0.39 is 12.0 Å². The number of hydrogen-bond donors (Lipinski definition) is 1. The van der Waals surface area contributed by atoms with E-state index in [-0.39, 0.29) is 30.0 Å². The molecule has 1 aliphatic heterocycles. The lowest BCUT2D eigenvalue weighted by Crippen LogP contribution is -2.53. The predicted molar refractivity (Wildman–Crippen MR) is 139 cm³/mol. The number of anilines is 1. The lowest BCUT2D eigenvalue weighted by Gasteiger charge is -2.43. The summed E-state index contributed by atoms with van der Waals surface area (Å²) in [4.78, 5) is 27.9. The third-order valence-corrected chi connectivity index (χ3v) is 6.28. The molecule has 4 rings (SSSR count). The fourth-order valence-electron chi connectivity index (χ4n) is 4.49. The molecule has 3 aromatic rings. The van der Waals surface area contributed by atoms with Crippen molar-refractivity contribution < 1.29 is 14.3 Å². The summed E-state index contributed by atoms with van der Waals surface area (Å²) in [7, 11) is 0. The second kappa shape index (κ2) is 10.6. The second-order valence-corrected chi connectivity index (χ2v) is 9.84. The lowest BCUT2D eigenvalue weighted by molar-refractivity contribution is -0.130. The molecule has 180 valence electrons. The number of esters is 1. The molecule has 1 amide bonds. The highest BCUT2D eigenvalue weighted by atomic mass is 16.5. The predicted octanol–water partition coefficient (Wildman–Crippen LogP) is 5.88. The van der Waals surface area contributed by atoms with Gasteiger partial charge in [0.15, 0.2) is 0 Å². The van der Waals surface area contributed by atoms with Crippen LogP contribution in [-0.4, -0.2) is 35.5 Å². The average molecular weight is 469 g/mol. The van der Waals surface area contributed by atoms with Crippen LogP contribution in [0.1, 0.15) is 42.7 Å². The first kappa shape index (κ1) is 24.3. The quantitative estimate of drug-likeness (QED) is 0.420. The van der Waals surface area contributed by atoms with Crippen molar-refractivity contribution >= 4 is 17.6 Å². The van der Waals surface area contributed by atoms with Crippen molar-refractivity contribution in [3.8, 4) is 0 Å². The third-order valence-electron chi connectivity index (χ3n) is 6.28. The Morgan fingerprint density at radius 2 is 1.49 bits per heavy atom. The fraction of sp³-hybridized carbons (Fsp3) is 0.267. The van der Waals surface area contributed by atoms with Crippen molar-refractivity contribution in [1.82, 2.24) is 4.90 Å². The molecule has 5 nitrogen and oxygen atoms in total. The van der Waals surface area contributed by atoms with Gasteiger partial charge in [-0.2, -0.15) is 0 Å². The summed E-state index contributed by atoms with van der Waals surface area (Å²) in [5.41, 5.74) is 2.23. The van der Waals surface area contributed by atoms with Gasteiger partial charge < -0.3 is 15.0 Å². The summed E-state index contributed by atoms with van der Waals surface area (Å²) in [6.07, 6.45) is 3.59. The van der Waals surface area contributed by atoms with Crippen molar-refractivity contribution in [3.63, 3.8) is 0 Å². The molecule has 0 saturated heterocycles. The van der Waals surface area contributed by atoms with Crippen LogP contribution in [0.3, 0.4) is 0 Å². The minimum atomic E-state index is -0.432. The van der Waals surface area contributed by atoms with Gasteiger partial charge in [0.1, 0.15) is 6.61 Å². The largest absolute Gasteiger partial charge is 0.460 e. The number of rotatable bonds is 8. The zero-order chi connectivity index (χ0) is 24.8. The number of amides is 1. The van der Waals surface area contributed by atoms with Crippen LogP contribution >= 0.6 is 0 Å². The minimum absolute atomic E-state index is 0.0594. The van der Waals surface area contributed by atoms with Gasteiger partial charge in [-0.25, -0.2) is 4.79 Å². The first-order chi connectivity index (χ1) is 16.8. The molecule has 1 aliphatic rings. The summed E-state index contributed by atoms with van der Waals surface area (Å²) in [5.74, 6) is -0.499. The maximum Gasteiger partial charge on any atom is 0.338 e. The zero-order valence-electron chi connectivity index (χ0n) is 20.4. The van der Waals surface area contributed by atoms with E-state index in [4.69, 9.17) is 4.74 Å². The van der Waals surface area contributed by atoms with Gasteiger partial charge >= 0.3 is 5.97 Å². The van der Waals surface area contributed by atoms with Gasteiger partial charge in [-0.3, -0.25) is 4.79 Å². The van der Waals surface area contributed by atoms with Gasteiger partial charge in [0.25, 0.3) is 0 Å². The smallest absolute Gasteiger partial charge is 0.338 e. The maximum atomic E-state index is 13.3. The molecule has 1 heterocycles. The van der Waals surface area contributed by atoms with Crippen LogP contribution in [0.25, 0.3) is 0 Å². The Hall–Kier alpha value is -3.86. The first-order valence-corrected chi connectivity index (χ1v) is 11.9. The second-order valence-electron chi connectivity index (χ2n) is 9.84. The van der Waals surface area contributed by atoms with Crippen LogP contribution in [0.15, 0.2) is 103 Å². The van der Waals surface area contributed by atoms with Gasteiger partial charge in [0.05, 0.1) is 23.7 Å². The SMILES string of the molecule is CC(C)(C)[C@@H](Nc1ccccc1)[C@@H]1C=CC(=O)N1[C@@H](COC(=O)c1ccccc1)c1ccccc1. The van der Waals surface area contributed by atoms with Crippen molar-refractivity contribution in [2.45, 2.75) is 38.9 Å². The molecular formula is C30H32N2O3. The van der Waals surface area contributed by atoms with E-state index in [1.807, 2.05) is 77.7 Å². The van der Waals surface area contributed by atoms with Gasteiger partial charge in [0, 0.05) is 11.8 Å². The normalized spacial score (nSPS) is 17.2. The molecule has 1 N–H and O–H groups in total. The van der Waals surface area contributed by atoms with Crippen LogP contribution in [0.2, 0.25) is 0 Å². The van der Waals surface area contributed by atoms with E-state index in [1.165, 1.54) is 0 Å². The van der Waals surface area contributed by atoms with Gasteiger partial charge in [-0.05, 0) is 35.2 Å². The summed E-state index contributed by atoms with van der Waals surface area (Å²) in [5, 5.41) is 3.66. The molecule has 0 saturated carbocycles. The Morgan fingerprint density at radius 3 is 2.09 bits per heavy atom. The number of carbonyl (C=O) groups excluding carboxylic acids is 2. The molecule has 0 bridgehead atoms. The molecule has 0 aliphatic carbocycles. The highest BCUT2D eigenvalue weighted by molar-refractivity contribution is 5.91. The van der Waals surface area contributed by atoms with Gasteiger partial charge in [-0.15, -0.1) is 0 Å². The summed E-state index contributed by atoms with van der Waals surface area (Å²) >= 11 is 0. The molecule has 0 fully saturated rings. The molecule has 0 unspecified atom stereocenters. The van der Waals surface area contributed by atoms with E-state index in [9.17, 15) is 9.59 Å². The first-order valence-electron chi connectivity index (χ1n) is 11.9. The third kappa shape index (κ3) is 5.80. The van der Waals surface area contributed by atoms with Gasteiger partial charge in [-0.1, -0.05) is 93.6 Å². The van der Waals surface area contributed by atoms with Crippen LogP contribution in [0, 0.1) is 5.41 Å². The highest BCUT2D eigenvalue weighted by Gasteiger charge is 2.42. The molecular weight excluding hydrogens is 436 g/mol. The van der Waals surface area contributed by atoms with E-state index in [0.717, 1.165) is 11.3 Å². The van der Waals surface area contributed by atoms with E-state index >= 15 is 0 Å². The van der Waals surface area contributed by atoms with Crippen LogP contribution in [0.5, 0.6) is 0 Å². The van der Waals surface area contributed by atoms with Crippen molar-refractivity contribution in [2.75, 3.05) is 11.9 Å². The molecule has 0 spiro atoms. The average Bonchev–Trinajstić information content (AvgIpc) is 3.24. The number of hydrogen-bond acceptors (Lipinski definition) is 4. The molecule has 0 radical (unpaired) electrons. The summed E-state index contributed by atoms with van der Waals surface area (Å²) in [6.45, 7) is 6.55. The summed E-state index contributed by atoms with van der Waals surface area (Å²) in [6, 6.07) is 28.0.